The molecular weight excluding hydrogens is 512 g/mol. The first-order valence-corrected chi connectivity index (χ1v) is 13.3. The monoisotopic (exact) mass is 539 g/mol. The molecule has 4 rings (SSSR count). The molecule has 1 aromatic heterocycles. The van der Waals surface area contributed by atoms with Gasteiger partial charge >= 0.3 is 8.60 Å². The topological polar surface area (TPSA) is 87.4 Å². The highest BCUT2D eigenvalue weighted by Gasteiger charge is 2.19. The minimum absolute atomic E-state index is 0.241. The van der Waals surface area contributed by atoms with Gasteiger partial charge in [0.05, 0.1) is 27.9 Å². The summed E-state index contributed by atoms with van der Waals surface area (Å²) < 4.78 is 12.1. The Labute approximate surface area is 215 Å². The van der Waals surface area contributed by atoms with E-state index in [1.54, 1.807) is 18.2 Å². The minimum Gasteiger partial charge on any atom is -0.494 e. The Kier molecular flexibility index (Phi) is 9.25. The molecule has 188 valence electrons. The van der Waals surface area contributed by atoms with Crippen molar-refractivity contribution < 1.29 is 19.0 Å². The predicted molar refractivity (Wildman–Crippen MR) is 140 cm³/mol. The number of aromatic nitrogens is 1. The SMILES string of the molecule is O=c1ccc2ccc(OCCCCN3CCN(c4cccc(Cl)c4Cl)CC3)cc2n1COP(O)O. The number of piperazine rings is 1. The van der Waals surface area contributed by atoms with E-state index < -0.39 is 8.60 Å². The molecule has 1 aliphatic heterocycles. The maximum absolute atomic E-state index is 12.2. The van der Waals surface area contributed by atoms with Crippen LogP contribution >= 0.6 is 31.8 Å². The second kappa shape index (κ2) is 12.4. The lowest BCUT2D eigenvalue weighted by molar-refractivity contribution is 0.198. The molecule has 0 bridgehead atoms. The zero-order valence-electron chi connectivity index (χ0n) is 19.1. The second-order valence-corrected chi connectivity index (χ2v) is 9.84. The molecule has 1 fully saturated rings. The number of ether oxygens (including phenoxy) is 1. The molecule has 11 heteroatoms. The van der Waals surface area contributed by atoms with Gasteiger partial charge in [0, 0.05) is 38.3 Å². The quantitative estimate of drug-likeness (QED) is 0.290. The average molecular weight is 540 g/mol. The van der Waals surface area contributed by atoms with Gasteiger partial charge in [-0.2, -0.15) is 0 Å². The number of halogens is 2. The van der Waals surface area contributed by atoms with Crippen molar-refractivity contribution in [1.29, 1.82) is 0 Å². The summed E-state index contributed by atoms with van der Waals surface area (Å²) in [4.78, 5) is 35.0. The van der Waals surface area contributed by atoms with Crippen molar-refractivity contribution in [2.45, 2.75) is 19.6 Å². The Morgan fingerprint density at radius 1 is 0.971 bits per heavy atom. The summed E-state index contributed by atoms with van der Waals surface area (Å²) in [5.74, 6) is 0.652. The van der Waals surface area contributed by atoms with Crippen molar-refractivity contribution >= 4 is 48.4 Å². The maximum Gasteiger partial charge on any atom is 0.328 e. The Hall–Kier alpha value is -1.90. The van der Waals surface area contributed by atoms with Gasteiger partial charge in [-0.3, -0.25) is 18.8 Å². The van der Waals surface area contributed by atoms with Gasteiger partial charge in [0.2, 0.25) is 0 Å². The molecule has 1 saturated heterocycles. The molecule has 0 unspecified atom stereocenters. The zero-order chi connectivity index (χ0) is 24.8. The summed E-state index contributed by atoms with van der Waals surface area (Å²) in [5.41, 5.74) is 1.32. The molecular formula is C24H28Cl2N3O5P. The summed E-state index contributed by atoms with van der Waals surface area (Å²) in [7, 11) is -2.55. The second-order valence-electron chi connectivity index (χ2n) is 8.29. The molecule has 2 aromatic carbocycles. The smallest absolute Gasteiger partial charge is 0.328 e. The first-order valence-electron chi connectivity index (χ1n) is 11.4. The number of benzene rings is 2. The van der Waals surface area contributed by atoms with Gasteiger partial charge in [-0.05, 0) is 55.1 Å². The maximum atomic E-state index is 12.2. The molecule has 35 heavy (non-hydrogen) atoms. The number of rotatable bonds is 10. The molecule has 3 aromatic rings. The van der Waals surface area contributed by atoms with Crippen molar-refractivity contribution in [2.75, 3.05) is 44.2 Å². The van der Waals surface area contributed by atoms with Crippen LogP contribution < -0.4 is 15.2 Å². The van der Waals surface area contributed by atoms with Crippen molar-refractivity contribution in [3.05, 3.63) is 68.9 Å². The third kappa shape index (κ3) is 6.86. The van der Waals surface area contributed by atoms with Crippen LogP contribution in [0.25, 0.3) is 10.9 Å². The summed E-state index contributed by atoms with van der Waals surface area (Å²) in [6.45, 7) is 5.09. The fourth-order valence-electron chi connectivity index (χ4n) is 4.18. The molecule has 2 heterocycles. The molecule has 1 aliphatic rings. The Bertz CT molecular complexity index is 1200. The summed E-state index contributed by atoms with van der Waals surface area (Å²) in [5, 5.41) is 2.03. The van der Waals surface area contributed by atoms with E-state index in [0.29, 0.717) is 27.9 Å². The molecule has 0 spiro atoms. The van der Waals surface area contributed by atoms with Gasteiger partial charge in [-0.1, -0.05) is 29.3 Å². The highest BCUT2D eigenvalue weighted by molar-refractivity contribution is 7.39. The van der Waals surface area contributed by atoms with E-state index in [2.05, 4.69) is 9.80 Å². The minimum atomic E-state index is -2.55. The number of fused-ring (bicyclic) bond motifs is 1. The van der Waals surface area contributed by atoms with Crippen molar-refractivity contribution in [1.82, 2.24) is 9.47 Å². The van der Waals surface area contributed by atoms with E-state index in [4.69, 9.17) is 42.2 Å². The van der Waals surface area contributed by atoms with E-state index in [0.717, 1.165) is 56.6 Å². The lowest BCUT2D eigenvalue weighted by Gasteiger charge is -2.36. The Morgan fingerprint density at radius 2 is 1.74 bits per heavy atom. The molecule has 0 aliphatic carbocycles. The Morgan fingerprint density at radius 3 is 2.51 bits per heavy atom. The summed E-state index contributed by atoms with van der Waals surface area (Å²) in [6.07, 6.45) is 1.92. The van der Waals surface area contributed by atoms with Crippen LogP contribution in [0.5, 0.6) is 5.75 Å². The largest absolute Gasteiger partial charge is 0.494 e. The molecule has 0 atom stereocenters. The van der Waals surface area contributed by atoms with E-state index in [1.165, 1.54) is 10.6 Å². The van der Waals surface area contributed by atoms with Gasteiger partial charge in [0.1, 0.15) is 12.5 Å². The van der Waals surface area contributed by atoms with Crippen LogP contribution in [0, 0.1) is 0 Å². The van der Waals surface area contributed by atoms with Crippen molar-refractivity contribution in [3.63, 3.8) is 0 Å². The highest BCUT2D eigenvalue weighted by Crippen LogP contribution is 2.33. The number of nitrogens with zero attached hydrogens (tertiary/aromatic N) is 3. The molecule has 0 amide bonds. The standard InChI is InChI=1S/C24H28Cl2N3O5P/c25-20-4-3-5-21(24(20)26)28-13-11-27(12-14-28)10-1-2-15-33-19-8-6-18-7-9-23(30)29(22(18)16-19)17-34-35(31)32/h3-9,16,31-32H,1-2,10-15,17H2. The van der Waals surface area contributed by atoms with E-state index in [1.807, 2.05) is 24.3 Å². The van der Waals surface area contributed by atoms with E-state index in [-0.39, 0.29) is 12.3 Å². The lowest BCUT2D eigenvalue weighted by Crippen LogP contribution is -2.46. The fraction of sp³-hybridized carbons (Fsp3) is 0.375. The van der Waals surface area contributed by atoms with Crippen LogP contribution in [-0.4, -0.2) is 58.6 Å². The van der Waals surface area contributed by atoms with Crippen LogP contribution in [0.15, 0.2) is 53.3 Å². The van der Waals surface area contributed by atoms with Gasteiger partial charge in [-0.15, -0.1) is 0 Å². The van der Waals surface area contributed by atoms with E-state index in [9.17, 15) is 4.79 Å². The molecule has 2 N–H and O–H groups in total. The number of pyridine rings is 1. The van der Waals surface area contributed by atoms with Gasteiger partial charge in [0.25, 0.3) is 5.56 Å². The van der Waals surface area contributed by atoms with Gasteiger partial charge in [-0.25, -0.2) is 0 Å². The van der Waals surface area contributed by atoms with Crippen LogP contribution in [0.3, 0.4) is 0 Å². The average Bonchev–Trinajstić information content (AvgIpc) is 2.85. The van der Waals surface area contributed by atoms with E-state index >= 15 is 0 Å². The lowest BCUT2D eigenvalue weighted by atomic mass is 10.2. The fourth-order valence-corrected chi connectivity index (χ4v) is 4.81. The predicted octanol–water partition coefficient (Wildman–Crippen LogP) is 4.48. The third-order valence-electron chi connectivity index (χ3n) is 6.05. The summed E-state index contributed by atoms with van der Waals surface area (Å²) >= 11 is 12.5. The molecule has 0 saturated carbocycles. The van der Waals surface area contributed by atoms with Gasteiger partial charge in [0.15, 0.2) is 0 Å². The normalized spacial score (nSPS) is 14.7. The number of hydrogen-bond donors (Lipinski definition) is 2. The first-order chi connectivity index (χ1) is 16.9. The van der Waals surface area contributed by atoms with Crippen LogP contribution in [0.4, 0.5) is 5.69 Å². The van der Waals surface area contributed by atoms with Crippen LogP contribution in [0.1, 0.15) is 12.8 Å². The van der Waals surface area contributed by atoms with Crippen molar-refractivity contribution in [2.24, 2.45) is 0 Å². The third-order valence-corrected chi connectivity index (χ3v) is 7.20. The zero-order valence-corrected chi connectivity index (χ0v) is 21.6. The number of anilines is 1. The number of unbranched alkanes of at least 4 members (excludes halogenated alkanes) is 1. The summed E-state index contributed by atoms with van der Waals surface area (Å²) in [6, 6.07) is 14.4. The highest BCUT2D eigenvalue weighted by atomic mass is 35.5. The molecule has 0 radical (unpaired) electrons. The number of hydrogen-bond acceptors (Lipinski definition) is 7. The van der Waals surface area contributed by atoms with Crippen molar-refractivity contribution in [3.8, 4) is 5.75 Å². The van der Waals surface area contributed by atoms with Crippen LogP contribution in [-0.2, 0) is 11.3 Å². The van der Waals surface area contributed by atoms with Gasteiger partial charge < -0.3 is 19.4 Å². The van der Waals surface area contributed by atoms with Crippen LogP contribution in [0.2, 0.25) is 10.0 Å². The first kappa shape index (κ1) is 26.2. The molecule has 8 nitrogen and oxygen atoms in total. The Balaban J connectivity index is 1.23.